The van der Waals surface area contributed by atoms with Crippen molar-refractivity contribution in [1.29, 1.82) is 5.26 Å². The monoisotopic (exact) mass is 332 g/mol. The lowest BCUT2D eigenvalue weighted by Gasteiger charge is -2.20. The minimum Gasteiger partial charge on any atom is -0.303 e. The molecule has 1 rings (SSSR count). The molecule has 0 fully saturated rings. The van der Waals surface area contributed by atoms with Gasteiger partial charge in [-0.25, -0.2) is 0 Å². The van der Waals surface area contributed by atoms with Gasteiger partial charge in [-0.05, 0) is 55.8 Å². The molecule has 1 aromatic rings. The van der Waals surface area contributed by atoms with Gasteiger partial charge >= 0.3 is 0 Å². The molecule has 0 spiro atoms. The summed E-state index contributed by atoms with van der Waals surface area (Å²) in [5.41, 5.74) is -0.390. The number of rotatable bonds is 6. The van der Waals surface area contributed by atoms with E-state index in [-0.39, 0.29) is 0 Å². The van der Waals surface area contributed by atoms with Crippen LogP contribution in [0.25, 0.3) is 0 Å². The number of aryl methyl sites for hydroxylation is 1. The Labute approximate surface area is 110 Å². The number of halogens is 1. The van der Waals surface area contributed by atoms with E-state index >= 15 is 0 Å². The second-order valence-corrected chi connectivity index (χ2v) is 5.32. The number of nitrogens with zero attached hydrogens (tertiary/aromatic N) is 3. The molecule has 5 heteroatoms. The molecule has 0 amide bonds. The first kappa shape index (κ1) is 13.5. The maximum Gasteiger partial charge on any atom is 0.103 e. The van der Waals surface area contributed by atoms with Crippen molar-refractivity contribution >= 4 is 22.6 Å². The van der Waals surface area contributed by atoms with Crippen molar-refractivity contribution in [3.8, 4) is 6.07 Å². The molecule has 4 nitrogen and oxygen atoms in total. The number of hydrogen-bond acceptors (Lipinski definition) is 3. The van der Waals surface area contributed by atoms with Crippen LogP contribution in [-0.2, 0) is 6.54 Å². The number of hydrogen-bond donors (Lipinski definition) is 1. The smallest absolute Gasteiger partial charge is 0.103 e. The largest absolute Gasteiger partial charge is 0.303 e. The van der Waals surface area contributed by atoms with Crippen LogP contribution in [0.2, 0.25) is 0 Å². The normalized spacial score (nSPS) is 14.4. The summed E-state index contributed by atoms with van der Waals surface area (Å²) in [7, 11) is 1.83. The molecule has 1 unspecified atom stereocenters. The van der Waals surface area contributed by atoms with E-state index in [4.69, 9.17) is 5.26 Å². The highest BCUT2D eigenvalue weighted by molar-refractivity contribution is 14.1. The van der Waals surface area contributed by atoms with E-state index in [1.165, 1.54) is 0 Å². The van der Waals surface area contributed by atoms with Gasteiger partial charge in [-0.2, -0.15) is 10.4 Å². The lowest BCUT2D eigenvalue weighted by molar-refractivity contribution is 0.419. The van der Waals surface area contributed by atoms with E-state index in [0.29, 0.717) is 0 Å². The highest BCUT2D eigenvalue weighted by Gasteiger charge is 2.19. The average Bonchev–Trinajstić information content (AvgIpc) is 2.70. The van der Waals surface area contributed by atoms with E-state index in [1.54, 1.807) is 0 Å². The Balaban J connectivity index is 2.24. The van der Waals surface area contributed by atoms with Gasteiger partial charge in [0.15, 0.2) is 0 Å². The first-order chi connectivity index (χ1) is 7.59. The molecule has 1 atom stereocenters. The van der Waals surface area contributed by atoms with Crippen molar-refractivity contribution in [2.24, 2.45) is 0 Å². The van der Waals surface area contributed by atoms with Crippen LogP contribution < -0.4 is 5.32 Å². The molecule has 0 aliphatic carbocycles. The van der Waals surface area contributed by atoms with Crippen molar-refractivity contribution in [2.45, 2.75) is 38.3 Å². The third-order valence-corrected chi connectivity index (χ3v) is 3.27. The standard InChI is InChI=1S/C11H17IN4/c1-11(9-13,14-2)5-3-4-6-16-8-10(12)7-15-16/h7-8,14H,3-6H2,1-2H3. The maximum atomic E-state index is 8.97. The van der Waals surface area contributed by atoms with E-state index in [2.05, 4.69) is 39.1 Å². The van der Waals surface area contributed by atoms with Crippen LogP contribution in [0, 0.1) is 14.9 Å². The predicted octanol–water partition coefficient (Wildman–Crippen LogP) is 2.16. The Kier molecular flexibility index (Phi) is 5.22. The third-order valence-electron chi connectivity index (χ3n) is 2.71. The topological polar surface area (TPSA) is 53.6 Å². The van der Waals surface area contributed by atoms with Gasteiger partial charge in [0, 0.05) is 12.7 Å². The third kappa shape index (κ3) is 4.10. The van der Waals surface area contributed by atoms with Crippen molar-refractivity contribution in [3.05, 3.63) is 16.0 Å². The van der Waals surface area contributed by atoms with Crippen molar-refractivity contribution in [3.63, 3.8) is 0 Å². The number of nitriles is 1. The van der Waals surface area contributed by atoms with E-state index < -0.39 is 5.54 Å². The molecule has 16 heavy (non-hydrogen) atoms. The van der Waals surface area contributed by atoms with E-state index in [0.717, 1.165) is 29.4 Å². The number of aromatic nitrogens is 2. The Hall–Kier alpha value is -0.610. The van der Waals surface area contributed by atoms with Crippen molar-refractivity contribution in [2.75, 3.05) is 7.05 Å². The Morgan fingerprint density at radius 3 is 2.88 bits per heavy atom. The zero-order valence-corrected chi connectivity index (χ0v) is 11.9. The average molecular weight is 332 g/mol. The van der Waals surface area contributed by atoms with Crippen LogP contribution in [-0.4, -0.2) is 22.4 Å². The van der Waals surface area contributed by atoms with Gasteiger partial charge in [0.2, 0.25) is 0 Å². The van der Waals surface area contributed by atoms with E-state index in [9.17, 15) is 0 Å². The molecule has 1 aromatic heterocycles. The minimum absolute atomic E-state index is 0.390. The number of nitrogens with one attached hydrogen (secondary N) is 1. The molecule has 0 saturated carbocycles. The van der Waals surface area contributed by atoms with Gasteiger partial charge in [-0.1, -0.05) is 0 Å². The molecule has 0 bridgehead atoms. The van der Waals surface area contributed by atoms with Gasteiger partial charge in [0.05, 0.1) is 15.8 Å². The van der Waals surface area contributed by atoms with Crippen LogP contribution in [0.3, 0.4) is 0 Å². The first-order valence-corrected chi connectivity index (χ1v) is 6.45. The molecule has 0 aliphatic rings. The summed E-state index contributed by atoms with van der Waals surface area (Å²) in [5, 5.41) is 16.2. The highest BCUT2D eigenvalue weighted by atomic mass is 127. The second-order valence-electron chi connectivity index (χ2n) is 4.07. The minimum atomic E-state index is -0.390. The zero-order chi connectivity index (χ0) is 12.0. The lowest BCUT2D eigenvalue weighted by atomic mass is 9.97. The quantitative estimate of drug-likeness (QED) is 0.642. The fourth-order valence-corrected chi connectivity index (χ4v) is 1.90. The molecule has 0 radical (unpaired) electrons. The van der Waals surface area contributed by atoms with Crippen LogP contribution in [0.1, 0.15) is 26.2 Å². The first-order valence-electron chi connectivity index (χ1n) is 5.38. The zero-order valence-electron chi connectivity index (χ0n) is 9.70. The molecular formula is C11H17IN4. The second kappa shape index (κ2) is 6.21. The fourth-order valence-electron chi connectivity index (χ4n) is 1.45. The summed E-state index contributed by atoms with van der Waals surface area (Å²) in [6.07, 6.45) is 6.84. The maximum absolute atomic E-state index is 8.97. The van der Waals surface area contributed by atoms with Gasteiger partial charge in [-0.3, -0.25) is 4.68 Å². The molecule has 1 heterocycles. The van der Waals surface area contributed by atoms with Gasteiger partial charge in [0.25, 0.3) is 0 Å². The van der Waals surface area contributed by atoms with Crippen molar-refractivity contribution < 1.29 is 0 Å². The van der Waals surface area contributed by atoms with Crippen LogP contribution in [0.4, 0.5) is 0 Å². The van der Waals surface area contributed by atoms with Crippen LogP contribution >= 0.6 is 22.6 Å². The van der Waals surface area contributed by atoms with E-state index in [1.807, 2.05) is 31.0 Å². The molecule has 1 N–H and O–H groups in total. The lowest BCUT2D eigenvalue weighted by Crippen LogP contribution is -2.37. The van der Waals surface area contributed by atoms with Crippen LogP contribution in [0.5, 0.6) is 0 Å². The van der Waals surface area contributed by atoms with Crippen molar-refractivity contribution in [1.82, 2.24) is 15.1 Å². The number of unbranched alkanes of at least 4 members (excludes halogenated alkanes) is 1. The predicted molar refractivity (Wildman–Crippen MR) is 71.9 cm³/mol. The summed E-state index contributed by atoms with van der Waals surface area (Å²) in [4.78, 5) is 0. The summed E-state index contributed by atoms with van der Waals surface area (Å²) in [6.45, 7) is 2.86. The Bertz CT molecular complexity index is 368. The Morgan fingerprint density at radius 2 is 2.38 bits per heavy atom. The molecule has 0 saturated heterocycles. The summed E-state index contributed by atoms with van der Waals surface area (Å²) in [5.74, 6) is 0. The summed E-state index contributed by atoms with van der Waals surface area (Å²) in [6, 6.07) is 2.30. The highest BCUT2D eigenvalue weighted by Crippen LogP contribution is 2.12. The molecule has 0 aliphatic heterocycles. The fraction of sp³-hybridized carbons (Fsp3) is 0.636. The Morgan fingerprint density at radius 1 is 1.62 bits per heavy atom. The SMILES string of the molecule is CNC(C)(C#N)CCCCn1cc(I)cn1. The van der Waals surface area contributed by atoms with Crippen LogP contribution in [0.15, 0.2) is 12.4 Å². The molecular weight excluding hydrogens is 315 g/mol. The van der Waals surface area contributed by atoms with Gasteiger partial charge in [-0.15, -0.1) is 0 Å². The summed E-state index contributed by atoms with van der Waals surface area (Å²) < 4.78 is 3.11. The van der Waals surface area contributed by atoms with Gasteiger partial charge in [0.1, 0.15) is 5.54 Å². The molecule has 0 aromatic carbocycles. The summed E-state index contributed by atoms with van der Waals surface area (Å²) >= 11 is 2.25. The van der Waals surface area contributed by atoms with Gasteiger partial charge < -0.3 is 5.32 Å². The molecule has 88 valence electrons.